The van der Waals surface area contributed by atoms with Crippen LogP contribution in [0.5, 0.6) is 11.5 Å². The molecule has 1 aromatic rings. The number of amides is 2. The van der Waals surface area contributed by atoms with E-state index in [1.165, 1.54) is 7.11 Å². The smallest absolute Gasteiger partial charge is 0.325 e. The summed E-state index contributed by atoms with van der Waals surface area (Å²) in [6.45, 7) is 1.92. The zero-order valence-electron chi connectivity index (χ0n) is 13.8. The normalized spacial score (nSPS) is 15.7. The Morgan fingerprint density at radius 1 is 1.32 bits per heavy atom. The van der Waals surface area contributed by atoms with Crippen LogP contribution >= 0.6 is 34.4 Å². The Kier molecular flexibility index (Phi) is 6.71. The van der Waals surface area contributed by atoms with Gasteiger partial charge in [0.05, 0.1) is 29.3 Å². The minimum Gasteiger partial charge on any atom is -0.492 e. The van der Waals surface area contributed by atoms with Crippen LogP contribution in [0, 0.1) is 3.57 Å². The first kappa shape index (κ1) is 19.6. The highest BCUT2D eigenvalue weighted by molar-refractivity contribution is 14.1. The van der Waals surface area contributed by atoms with Gasteiger partial charge in [0.2, 0.25) is 0 Å². The third-order valence-electron chi connectivity index (χ3n) is 3.22. The number of imide groups is 1. The van der Waals surface area contributed by atoms with E-state index >= 15 is 0 Å². The lowest BCUT2D eigenvalue weighted by Crippen LogP contribution is -2.34. The van der Waals surface area contributed by atoms with Gasteiger partial charge in [-0.25, -0.2) is 0 Å². The van der Waals surface area contributed by atoms with Crippen molar-refractivity contribution in [2.75, 3.05) is 27.4 Å². The molecule has 0 radical (unpaired) electrons. The molecule has 7 nitrogen and oxygen atoms in total. The number of rotatable bonds is 6. The number of esters is 1. The molecule has 1 heterocycles. The Hall–Kier alpha value is -1.75. The predicted octanol–water partition coefficient (Wildman–Crippen LogP) is 2.91. The molecule has 0 bridgehead atoms. The van der Waals surface area contributed by atoms with Crippen LogP contribution in [0.4, 0.5) is 4.79 Å². The Labute approximate surface area is 162 Å². The molecule has 0 N–H and O–H groups in total. The molecule has 0 saturated carbocycles. The van der Waals surface area contributed by atoms with Crippen LogP contribution in [0.15, 0.2) is 17.0 Å². The Morgan fingerprint density at radius 3 is 2.64 bits per heavy atom. The van der Waals surface area contributed by atoms with Gasteiger partial charge in [-0.2, -0.15) is 0 Å². The summed E-state index contributed by atoms with van der Waals surface area (Å²) in [7, 11) is 2.75. The maximum atomic E-state index is 12.3. The monoisotopic (exact) mass is 477 g/mol. The van der Waals surface area contributed by atoms with Crippen LogP contribution in [-0.2, 0) is 14.3 Å². The van der Waals surface area contributed by atoms with E-state index in [-0.39, 0.29) is 4.91 Å². The third-order valence-corrected chi connectivity index (χ3v) is 4.93. The van der Waals surface area contributed by atoms with Gasteiger partial charge in [-0.3, -0.25) is 19.3 Å². The number of thioether (sulfide) groups is 1. The van der Waals surface area contributed by atoms with Crippen LogP contribution in [0.1, 0.15) is 12.5 Å². The number of hydrogen-bond acceptors (Lipinski definition) is 7. The predicted molar refractivity (Wildman–Crippen MR) is 102 cm³/mol. The highest BCUT2D eigenvalue weighted by atomic mass is 127. The SMILES string of the molecule is CCOc1cc(/C=C2/SC(=O)N(CC(=O)OC)C2=O)cc(I)c1OC. The van der Waals surface area contributed by atoms with Crippen molar-refractivity contribution in [1.82, 2.24) is 4.90 Å². The first-order valence-electron chi connectivity index (χ1n) is 7.23. The average Bonchev–Trinajstić information content (AvgIpc) is 2.82. The van der Waals surface area contributed by atoms with Gasteiger partial charge in [0.15, 0.2) is 11.5 Å². The lowest BCUT2D eigenvalue weighted by molar-refractivity contribution is -0.143. The molecule has 1 saturated heterocycles. The largest absolute Gasteiger partial charge is 0.492 e. The summed E-state index contributed by atoms with van der Waals surface area (Å²) in [6.07, 6.45) is 1.59. The summed E-state index contributed by atoms with van der Waals surface area (Å²) >= 11 is 2.89. The number of halogens is 1. The molecule has 134 valence electrons. The standard InChI is InChI=1S/C16H16INO6S/c1-4-24-11-6-9(5-10(17)14(11)23-3)7-12-15(20)18(16(21)25-12)8-13(19)22-2/h5-7H,4,8H2,1-3H3/b12-7+. The van der Waals surface area contributed by atoms with Crippen molar-refractivity contribution < 1.29 is 28.6 Å². The number of nitrogens with zero attached hydrogens (tertiary/aromatic N) is 1. The van der Waals surface area contributed by atoms with Gasteiger partial charge in [0.1, 0.15) is 6.54 Å². The van der Waals surface area contributed by atoms with E-state index in [4.69, 9.17) is 9.47 Å². The molecular weight excluding hydrogens is 461 g/mol. The molecule has 0 atom stereocenters. The van der Waals surface area contributed by atoms with Crippen LogP contribution in [0.3, 0.4) is 0 Å². The van der Waals surface area contributed by atoms with E-state index < -0.39 is 23.7 Å². The lowest BCUT2D eigenvalue weighted by atomic mass is 10.2. The van der Waals surface area contributed by atoms with Gasteiger partial charge in [0.25, 0.3) is 11.1 Å². The van der Waals surface area contributed by atoms with Crippen molar-refractivity contribution in [3.8, 4) is 11.5 Å². The number of ether oxygens (including phenoxy) is 3. The molecule has 0 aromatic heterocycles. The van der Waals surface area contributed by atoms with Gasteiger partial charge < -0.3 is 14.2 Å². The van der Waals surface area contributed by atoms with Crippen molar-refractivity contribution in [1.29, 1.82) is 0 Å². The average molecular weight is 477 g/mol. The second-order valence-electron chi connectivity index (χ2n) is 4.81. The second kappa shape index (κ2) is 8.56. The molecule has 2 amide bonds. The van der Waals surface area contributed by atoms with Crippen LogP contribution in [-0.4, -0.2) is 49.4 Å². The molecular formula is C16H16INO6S. The number of hydrogen-bond donors (Lipinski definition) is 0. The van der Waals surface area contributed by atoms with Crippen LogP contribution in [0.2, 0.25) is 0 Å². The zero-order chi connectivity index (χ0) is 18.6. The summed E-state index contributed by atoms with van der Waals surface area (Å²) in [4.78, 5) is 36.7. The summed E-state index contributed by atoms with van der Waals surface area (Å²) in [5, 5.41) is -0.505. The summed E-state index contributed by atoms with van der Waals surface area (Å²) < 4.78 is 16.2. The van der Waals surface area contributed by atoms with E-state index in [9.17, 15) is 14.4 Å². The van der Waals surface area contributed by atoms with Gasteiger partial charge in [-0.1, -0.05) is 0 Å². The number of methoxy groups -OCH3 is 2. The molecule has 1 aromatic carbocycles. The fourth-order valence-corrected chi connectivity index (χ4v) is 3.80. The van der Waals surface area contributed by atoms with Crippen molar-refractivity contribution in [2.24, 2.45) is 0 Å². The van der Waals surface area contributed by atoms with E-state index in [1.807, 2.05) is 13.0 Å². The van der Waals surface area contributed by atoms with Crippen molar-refractivity contribution in [3.63, 3.8) is 0 Å². The molecule has 0 unspecified atom stereocenters. The Bertz CT molecular complexity index is 748. The molecule has 9 heteroatoms. The number of carbonyl (C=O) groups excluding carboxylic acids is 3. The maximum absolute atomic E-state index is 12.3. The molecule has 1 fully saturated rings. The highest BCUT2D eigenvalue weighted by Gasteiger charge is 2.36. The molecule has 0 spiro atoms. The van der Waals surface area contributed by atoms with E-state index in [2.05, 4.69) is 27.3 Å². The Balaban J connectivity index is 2.33. The van der Waals surface area contributed by atoms with Crippen LogP contribution < -0.4 is 9.47 Å². The number of benzene rings is 1. The third kappa shape index (κ3) is 4.46. The van der Waals surface area contributed by atoms with Crippen LogP contribution in [0.25, 0.3) is 6.08 Å². The lowest BCUT2D eigenvalue weighted by Gasteiger charge is -2.12. The minimum atomic E-state index is -0.652. The Morgan fingerprint density at radius 2 is 2.04 bits per heavy atom. The van der Waals surface area contributed by atoms with E-state index in [0.29, 0.717) is 23.7 Å². The maximum Gasteiger partial charge on any atom is 0.325 e. The second-order valence-corrected chi connectivity index (χ2v) is 6.97. The van der Waals surface area contributed by atoms with E-state index in [0.717, 1.165) is 20.2 Å². The minimum absolute atomic E-state index is 0.234. The summed E-state index contributed by atoms with van der Waals surface area (Å²) in [5.74, 6) is -0.0132. The summed E-state index contributed by atoms with van der Waals surface area (Å²) in [5.41, 5.74) is 0.692. The van der Waals surface area contributed by atoms with Gasteiger partial charge in [-0.15, -0.1) is 0 Å². The van der Waals surface area contributed by atoms with Gasteiger partial charge in [0, 0.05) is 0 Å². The summed E-state index contributed by atoms with van der Waals surface area (Å²) in [6, 6.07) is 3.55. The molecule has 2 rings (SSSR count). The van der Waals surface area contributed by atoms with Gasteiger partial charge >= 0.3 is 5.97 Å². The fraction of sp³-hybridized carbons (Fsp3) is 0.312. The van der Waals surface area contributed by atoms with Gasteiger partial charge in [-0.05, 0) is 65.0 Å². The van der Waals surface area contributed by atoms with Crippen molar-refractivity contribution >= 4 is 57.5 Å². The number of carbonyl (C=O) groups is 3. The van der Waals surface area contributed by atoms with Crippen molar-refractivity contribution in [2.45, 2.75) is 6.92 Å². The molecule has 1 aliphatic rings. The first-order chi connectivity index (χ1) is 11.9. The topological polar surface area (TPSA) is 82.1 Å². The fourth-order valence-electron chi connectivity index (χ4n) is 2.11. The van der Waals surface area contributed by atoms with Crippen molar-refractivity contribution in [3.05, 3.63) is 26.2 Å². The zero-order valence-corrected chi connectivity index (χ0v) is 16.8. The molecule has 1 aliphatic heterocycles. The highest BCUT2D eigenvalue weighted by Crippen LogP contribution is 2.37. The van der Waals surface area contributed by atoms with E-state index in [1.54, 1.807) is 19.3 Å². The molecule has 25 heavy (non-hydrogen) atoms. The quantitative estimate of drug-likeness (QED) is 0.354. The first-order valence-corrected chi connectivity index (χ1v) is 9.13. The molecule has 0 aliphatic carbocycles.